The number of benzene rings is 1. The Labute approximate surface area is 99.5 Å². The van der Waals surface area contributed by atoms with E-state index in [0.29, 0.717) is 5.69 Å². The molecule has 0 fully saturated rings. The Morgan fingerprint density at radius 2 is 2.06 bits per heavy atom. The molecule has 5 heteroatoms. The van der Waals surface area contributed by atoms with Crippen molar-refractivity contribution in [1.29, 1.82) is 0 Å². The minimum atomic E-state index is -0.387. The number of rotatable bonds is 1. The minimum absolute atomic E-state index is 0.251. The molecule has 0 aliphatic carbocycles. The lowest BCUT2D eigenvalue weighted by Crippen LogP contribution is -2.27. The Balaban J connectivity index is 2.85. The van der Waals surface area contributed by atoms with Crippen LogP contribution in [0.5, 0.6) is 0 Å². The summed E-state index contributed by atoms with van der Waals surface area (Å²) >= 11 is 5.83. The van der Waals surface area contributed by atoms with Crippen LogP contribution in [0.4, 0.5) is 10.1 Å². The molecule has 0 spiro atoms. The fourth-order valence-corrected chi connectivity index (χ4v) is 1.33. The fourth-order valence-electron chi connectivity index (χ4n) is 1.12. The summed E-state index contributed by atoms with van der Waals surface area (Å²) < 4.78 is 12.8. The van der Waals surface area contributed by atoms with E-state index in [9.17, 15) is 4.39 Å². The van der Waals surface area contributed by atoms with Crippen LogP contribution in [0.2, 0.25) is 5.02 Å². The van der Waals surface area contributed by atoms with Gasteiger partial charge in [-0.05, 0) is 39.0 Å². The number of hydrogen-bond donors (Lipinski definition) is 2. The van der Waals surface area contributed by atoms with Gasteiger partial charge in [0, 0.05) is 0 Å². The van der Waals surface area contributed by atoms with Gasteiger partial charge in [0.25, 0.3) is 0 Å². The second-order valence-corrected chi connectivity index (χ2v) is 4.82. The highest BCUT2D eigenvalue weighted by molar-refractivity contribution is 6.33. The van der Waals surface area contributed by atoms with Gasteiger partial charge in [0.15, 0.2) is 5.96 Å². The predicted octanol–water partition coefficient (Wildman–Crippen LogP) is 3.00. The average molecular weight is 244 g/mol. The van der Waals surface area contributed by atoms with Crippen molar-refractivity contribution in [2.75, 3.05) is 5.32 Å². The fraction of sp³-hybridized carbons (Fsp3) is 0.364. The van der Waals surface area contributed by atoms with Gasteiger partial charge in [-0.3, -0.25) is 0 Å². The predicted molar refractivity (Wildman–Crippen MR) is 66.4 cm³/mol. The quantitative estimate of drug-likeness (QED) is 0.589. The molecule has 0 unspecified atom stereocenters. The molecule has 0 aliphatic rings. The number of nitrogens with one attached hydrogen (secondary N) is 1. The summed E-state index contributed by atoms with van der Waals surface area (Å²) in [6.45, 7) is 5.77. The summed E-state index contributed by atoms with van der Waals surface area (Å²) in [7, 11) is 0. The lowest BCUT2D eigenvalue weighted by molar-refractivity contribution is 0.583. The first kappa shape index (κ1) is 12.8. The molecule has 1 rings (SSSR count). The third-order valence-electron chi connectivity index (χ3n) is 1.65. The van der Waals surface area contributed by atoms with E-state index in [-0.39, 0.29) is 22.3 Å². The smallest absolute Gasteiger partial charge is 0.193 e. The highest BCUT2D eigenvalue weighted by Crippen LogP contribution is 2.22. The van der Waals surface area contributed by atoms with E-state index in [1.807, 2.05) is 20.8 Å². The molecule has 0 heterocycles. The zero-order valence-electron chi connectivity index (χ0n) is 9.51. The van der Waals surface area contributed by atoms with Crippen molar-refractivity contribution >= 4 is 23.2 Å². The molecule has 1 aromatic rings. The molecule has 0 aliphatic heterocycles. The second-order valence-electron chi connectivity index (χ2n) is 4.42. The Morgan fingerprint density at radius 3 is 2.56 bits per heavy atom. The maximum absolute atomic E-state index is 12.8. The molecule has 88 valence electrons. The summed E-state index contributed by atoms with van der Waals surface area (Å²) in [6, 6.07) is 4.04. The van der Waals surface area contributed by atoms with Crippen LogP contribution >= 0.6 is 11.6 Å². The molecule has 0 radical (unpaired) electrons. The van der Waals surface area contributed by atoms with Crippen molar-refractivity contribution in [3.63, 3.8) is 0 Å². The first-order chi connectivity index (χ1) is 7.28. The molecule has 0 amide bonds. The van der Waals surface area contributed by atoms with Crippen LogP contribution in [0.1, 0.15) is 20.8 Å². The molecule has 3 nitrogen and oxygen atoms in total. The van der Waals surface area contributed by atoms with Gasteiger partial charge in [-0.2, -0.15) is 0 Å². The van der Waals surface area contributed by atoms with Gasteiger partial charge in [-0.25, -0.2) is 9.38 Å². The number of anilines is 1. The molecular weight excluding hydrogens is 229 g/mol. The number of halogens is 2. The van der Waals surface area contributed by atoms with Crippen molar-refractivity contribution < 1.29 is 4.39 Å². The van der Waals surface area contributed by atoms with Crippen LogP contribution in [0.15, 0.2) is 23.2 Å². The average Bonchev–Trinajstić information content (AvgIpc) is 2.06. The van der Waals surface area contributed by atoms with E-state index >= 15 is 0 Å². The first-order valence-corrected chi connectivity index (χ1v) is 5.23. The van der Waals surface area contributed by atoms with Crippen molar-refractivity contribution in [3.05, 3.63) is 29.0 Å². The Morgan fingerprint density at radius 1 is 1.44 bits per heavy atom. The SMILES string of the molecule is CC(C)(C)N=C(N)Nc1ccc(F)cc1Cl. The van der Waals surface area contributed by atoms with Crippen molar-refractivity contribution in [1.82, 2.24) is 0 Å². The van der Waals surface area contributed by atoms with Gasteiger partial charge in [0.2, 0.25) is 0 Å². The standard InChI is InChI=1S/C11H15ClFN3/c1-11(2,3)16-10(14)15-9-5-4-7(13)6-8(9)12/h4-6H,1-3H3,(H3,14,15,16). The lowest BCUT2D eigenvalue weighted by atomic mass is 10.1. The maximum Gasteiger partial charge on any atom is 0.193 e. The number of aliphatic imine (C=N–C) groups is 1. The number of nitrogens with zero attached hydrogens (tertiary/aromatic N) is 1. The lowest BCUT2D eigenvalue weighted by Gasteiger charge is -2.15. The zero-order valence-corrected chi connectivity index (χ0v) is 10.3. The summed E-state index contributed by atoms with van der Waals surface area (Å²) in [4.78, 5) is 4.20. The largest absolute Gasteiger partial charge is 0.370 e. The Hall–Kier alpha value is -1.29. The van der Waals surface area contributed by atoms with E-state index in [0.717, 1.165) is 0 Å². The van der Waals surface area contributed by atoms with E-state index in [1.54, 1.807) is 0 Å². The normalized spacial score (nSPS) is 12.7. The molecule has 16 heavy (non-hydrogen) atoms. The van der Waals surface area contributed by atoms with E-state index < -0.39 is 0 Å². The molecule has 0 aromatic heterocycles. The summed E-state index contributed by atoms with van der Waals surface area (Å²) in [5.41, 5.74) is 5.95. The molecular formula is C11H15ClFN3. The molecule has 1 aromatic carbocycles. The molecule has 0 bridgehead atoms. The molecule has 3 N–H and O–H groups in total. The minimum Gasteiger partial charge on any atom is -0.370 e. The van der Waals surface area contributed by atoms with Crippen LogP contribution in [0, 0.1) is 5.82 Å². The molecule has 0 atom stereocenters. The van der Waals surface area contributed by atoms with Gasteiger partial charge >= 0.3 is 0 Å². The van der Waals surface area contributed by atoms with Gasteiger partial charge in [-0.15, -0.1) is 0 Å². The van der Waals surface area contributed by atoms with Crippen LogP contribution < -0.4 is 11.1 Å². The maximum atomic E-state index is 12.8. The van der Waals surface area contributed by atoms with Gasteiger partial charge in [0.05, 0.1) is 16.2 Å². The van der Waals surface area contributed by atoms with E-state index in [2.05, 4.69) is 10.3 Å². The van der Waals surface area contributed by atoms with E-state index in [1.165, 1.54) is 18.2 Å². The number of nitrogens with two attached hydrogens (primary N) is 1. The molecule has 0 saturated heterocycles. The van der Waals surface area contributed by atoms with Crippen molar-refractivity contribution in [2.45, 2.75) is 26.3 Å². The topological polar surface area (TPSA) is 50.4 Å². The zero-order chi connectivity index (χ0) is 12.3. The Kier molecular flexibility index (Phi) is 3.75. The third-order valence-corrected chi connectivity index (χ3v) is 1.96. The number of guanidine groups is 1. The summed E-state index contributed by atoms with van der Waals surface area (Å²) in [5, 5.41) is 3.09. The van der Waals surface area contributed by atoms with Crippen LogP contribution in [-0.4, -0.2) is 11.5 Å². The monoisotopic (exact) mass is 243 g/mol. The molecule has 0 saturated carbocycles. The van der Waals surface area contributed by atoms with Gasteiger partial charge in [-0.1, -0.05) is 11.6 Å². The van der Waals surface area contributed by atoms with Gasteiger partial charge in [0.1, 0.15) is 5.82 Å². The second kappa shape index (κ2) is 4.70. The van der Waals surface area contributed by atoms with E-state index in [4.69, 9.17) is 17.3 Å². The van der Waals surface area contributed by atoms with Crippen LogP contribution in [-0.2, 0) is 0 Å². The Bertz CT molecular complexity index is 410. The van der Waals surface area contributed by atoms with Crippen molar-refractivity contribution in [3.8, 4) is 0 Å². The third kappa shape index (κ3) is 4.06. The van der Waals surface area contributed by atoms with Gasteiger partial charge < -0.3 is 11.1 Å². The highest BCUT2D eigenvalue weighted by atomic mass is 35.5. The first-order valence-electron chi connectivity index (χ1n) is 4.85. The number of hydrogen-bond acceptors (Lipinski definition) is 1. The highest BCUT2D eigenvalue weighted by Gasteiger charge is 2.09. The van der Waals surface area contributed by atoms with Crippen LogP contribution in [0.25, 0.3) is 0 Å². The van der Waals surface area contributed by atoms with Crippen molar-refractivity contribution in [2.24, 2.45) is 10.7 Å². The van der Waals surface area contributed by atoms with Crippen LogP contribution in [0.3, 0.4) is 0 Å². The summed E-state index contributed by atoms with van der Waals surface area (Å²) in [6.07, 6.45) is 0. The summed E-state index contributed by atoms with van der Waals surface area (Å²) in [5.74, 6) is -0.136.